The molecule has 2 heterocycles. The first-order valence-corrected chi connectivity index (χ1v) is 6.49. The van der Waals surface area contributed by atoms with Crippen molar-refractivity contribution < 1.29 is 13.6 Å². The molecule has 2 rings (SSSR count). The number of aromatic nitrogens is 1. The highest BCUT2D eigenvalue weighted by atomic mass is 32.2. The van der Waals surface area contributed by atoms with Crippen LogP contribution in [0.2, 0.25) is 0 Å². The van der Waals surface area contributed by atoms with Crippen LogP contribution in [0.3, 0.4) is 0 Å². The van der Waals surface area contributed by atoms with Crippen LogP contribution in [-0.4, -0.2) is 16.6 Å². The molecule has 0 atom stereocenters. The van der Waals surface area contributed by atoms with Crippen molar-refractivity contribution in [3.05, 3.63) is 35.6 Å². The Kier molecular flexibility index (Phi) is 4.09. The first kappa shape index (κ1) is 12.8. The maximum absolute atomic E-state index is 11.6. The van der Waals surface area contributed by atoms with Gasteiger partial charge < -0.3 is 14.2 Å². The quantitative estimate of drug-likeness (QED) is 0.841. The second-order valence-corrected chi connectivity index (χ2v) is 4.69. The summed E-state index contributed by atoms with van der Waals surface area (Å²) >= 11 is 1.28. The molecule has 0 aliphatic rings. The number of aryl methyl sites for hydroxylation is 2. The number of nitrogens with zero attached hydrogens (tertiary/aromatic N) is 1. The highest BCUT2D eigenvalue weighted by Gasteiger charge is 2.09. The fourth-order valence-corrected chi connectivity index (χ4v) is 2.02. The number of thioether (sulfide) groups is 1. The van der Waals surface area contributed by atoms with Crippen molar-refractivity contribution >= 4 is 17.7 Å². The van der Waals surface area contributed by atoms with Gasteiger partial charge >= 0.3 is 0 Å². The van der Waals surface area contributed by atoms with E-state index in [4.69, 9.17) is 8.83 Å². The van der Waals surface area contributed by atoms with Crippen LogP contribution in [-0.2, 0) is 11.3 Å². The molecule has 5 nitrogen and oxygen atoms in total. The second kappa shape index (κ2) is 5.77. The van der Waals surface area contributed by atoms with Gasteiger partial charge in [0.2, 0.25) is 5.91 Å². The van der Waals surface area contributed by atoms with E-state index in [0.717, 1.165) is 17.2 Å². The molecule has 0 bridgehead atoms. The van der Waals surface area contributed by atoms with Crippen LogP contribution in [0.25, 0.3) is 0 Å². The third-order valence-corrected chi connectivity index (χ3v) is 3.20. The molecular formula is C12H14N2O3S. The van der Waals surface area contributed by atoms with Gasteiger partial charge in [0.15, 0.2) is 0 Å². The van der Waals surface area contributed by atoms with Gasteiger partial charge in [0, 0.05) is 0 Å². The van der Waals surface area contributed by atoms with Crippen LogP contribution in [0.15, 0.2) is 32.5 Å². The molecule has 0 saturated carbocycles. The van der Waals surface area contributed by atoms with E-state index in [9.17, 15) is 4.79 Å². The first-order chi connectivity index (χ1) is 8.65. The maximum Gasteiger partial charge on any atom is 0.256 e. The molecule has 1 N–H and O–H groups in total. The monoisotopic (exact) mass is 266 g/mol. The van der Waals surface area contributed by atoms with Crippen molar-refractivity contribution in [3.63, 3.8) is 0 Å². The molecule has 18 heavy (non-hydrogen) atoms. The number of furan rings is 1. The fourth-order valence-electron chi connectivity index (χ4n) is 1.28. The molecular weight excluding hydrogens is 252 g/mol. The summed E-state index contributed by atoms with van der Waals surface area (Å²) < 4.78 is 10.5. The highest BCUT2D eigenvalue weighted by molar-refractivity contribution is 7.99. The van der Waals surface area contributed by atoms with Crippen molar-refractivity contribution in [1.29, 1.82) is 0 Å². The van der Waals surface area contributed by atoms with Gasteiger partial charge in [-0.1, -0.05) is 11.8 Å². The molecule has 0 radical (unpaired) electrons. The average Bonchev–Trinajstić information content (AvgIpc) is 2.95. The number of oxazole rings is 1. The molecule has 0 aliphatic carbocycles. The Labute approximate surface area is 109 Å². The lowest BCUT2D eigenvalue weighted by atomic mass is 10.4. The van der Waals surface area contributed by atoms with Crippen LogP contribution < -0.4 is 5.32 Å². The molecule has 1 amide bonds. The summed E-state index contributed by atoms with van der Waals surface area (Å²) in [6.07, 6.45) is 1.58. The summed E-state index contributed by atoms with van der Waals surface area (Å²) in [6.45, 7) is 4.12. The summed E-state index contributed by atoms with van der Waals surface area (Å²) in [6, 6.07) is 3.60. The molecule has 0 saturated heterocycles. The lowest BCUT2D eigenvalue weighted by Gasteiger charge is -2.01. The van der Waals surface area contributed by atoms with Gasteiger partial charge in [-0.15, -0.1) is 0 Å². The topological polar surface area (TPSA) is 68.3 Å². The summed E-state index contributed by atoms with van der Waals surface area (Å²) in [7, 11) is 0. The zero-order valence-corrected chi connectivity index (χ0v) is 11.0. The minimum absolute atomic E-state index is 0.0788. The van der Waals surface area contributed by atoms with Crippen molar-refractivity contribution in [1.82, 2.24) is 10.3 Å². The van der Waals surface area contributed by atoms with E-state index in [1.165, 1.54) is 11.8 Å². The standard InChI is InChI=1S/C12H14N2O3S/c1-8-9(2)17-12(14-8)18-7-11(15)13-6-10-4-3-5-16-10/h3-5H,6-7H2,1-2H3,(H,13,15). The van der Waals surface area contributed by atoms with Gasteiger partial charge in [-0.25, -0.2) is 4.98 Å². The SMILES string of the molecule is Cc1nc(SCC(=O)NCc2ccco2)oc1C. The molecule has 0 fully saturated rings. The normalized spacial score (nSPS) is 10.6. The van der Waals surface area contributed by atoms with Crippen molar-refractivity contribution in [3.8, 4) is 0 Å². The minimum Gasteiger partial charge on any atom is -0.467 e. The van der Waals surface area contributed by atoms with Gasteiger partial charge in [0.25, 0.3) is 5.22 Å². The van der Waals surface area contributed by atoms with Gasteiger partial charge in [-0.05, 0) is 26.0 Å². The Morgan fingerprint density at radius 2 is 2.33 bits per heavy atom. The summed E-state index contributed by atoms with van der Waals surface area (Å²) in [4.78, 5) is 15.8. The number of nitrogens with one attached hydrogen (secondary N) is 1. The third kappa shape index (κ3) is 3.40. The number of hydrogen-bond donors (Lipinski definition) is 1. The van der Waals surface area contributed by atoms with Crippen LogP contribution in [0.5, 0.6) is 0 Å². The van der Waals surface area contributed by atoms with Crippen LogP contribution in [0.1, 0.15) is 17.2 Å². The maximum atomic E-state index is 11.6. The smallest absolute Gasteiger partial charge is 0.256 e. The average molecular weight is 266 g/mol. The zero-order chi connectivity index (χ0) is 13.0. The number of carbonyl (C=O) groups is 1. The molecule has 2 aromatic rings. The highest BCUT2D eigenvalue weighted by Crippen LogP contribution is 2.19. The lowest BCUT2D eigenvalue weighted by Crippen LogP contribution is -2.24. The van der Waals surface area contributed by atoms with Gasteiger partial charge in [-0.2, -0.15) is 0 Å². The Balaban J connectivity index is 1.74. The molecule has 0 unspecified atom stereocenters. The molecule has 0 aromatic carbocycles. The number of amides is 1. The summed E-state index contributed by atoms with van der Waals surface area (Å²) in [5.74, 6) is 1.72. The predicted octanol–water partition coefficient (Wildman–Crippen LogP) is 2.29. The molecule has 0 aliphatic heterocycles. The Bertz CT molecular complexity index is 500. The zero-order valence-electron chi connectivity index (χ0n) is 10.2. The van der Waals surface area contributed by atoms with E-state index in [1.807, 2.05) is 19.9 Å². The van der Waals surface area contributed by atoms with Crippen LogP contribution >= 0.6 is 11.8 Å². The van der Waals surface area contributed by atoms with E-state index in [0.29, 0.717) is 11.8 Å². The largest absolute Gasteiger partial charge is 0.467 e. The summed E-state index contributed by atoms with van der Waals surface area (Å²) in [5.41, 5.74) is 0.855. The van der Waals surface area contributed by atoms with Gasteiger partial charge in [0.05, 0.1) is 24.3 Å². The van der Waals surface area contributed by atoms with Crippen LogP contribution in [0, 0.1) is 13.8 Å². The first-order valence-electron chi connectivity index (χ1n) is 5.51. The van der Waals surface area contributed by atoms with E-state index in [2.05, 4.69) is 10.3 Å². The second-order valence-electron chi connectivity index (χ2n) is 3.77. The number of rotatable bonds is 5. The molecule has 6 heteroatoms. The Hall–Kier alpha value is -1.69. The van der Waals surface area contributed by atoms with E-state index in [-0.39, 0.29) is 11.7 Å². The minimum atomic E-state index is -0.0788. The van der Waals surface area contributed by atoms with E-state index < -0.39 is 0 Å². The number of hydrogen-bond acceptors (Lipinski definition) is 5. The Morgan fingerprint density at radius 3 is 2.94 bits per heavy atom. The molecule has 96 valence electrons. The number of carbonyl (C=O) groups excluding carboxylic acids is 1. The van der Waals surface area contributed by atoms with Crippen molar-refractivity contribution in [2.24, 2.45) is 0 Å². The Morgan fingerprint density at radius 1 is 1.50 bits per heavy atom. The van der Waals surface area contributed by atoms with E-state index >= 15 is 0 Å². The van der Waals surface area contributed by atoms with Gasteiger partial charge in [0.1, 0.15) is 11.5 Å². The summed E-state index contributed by atoms with van der Waals surface area (Å²) in [5, 5.41) is 3.28. The van der Waals surface area contributed by atoms with E-state index in [1.54, 1.807) is 12.3 Å². The third-order valence-electron chi connectivity index (χ3n) is 2.38. The van der Waals surface area contributed by atoms with Crippen LogP contribution in [0.4, 0.5) is 0 Å². The molecule has 0 spiro atoms. The fraction of sp³-hybridized carbons (Fsp3) is 0.333. The molecule has 2 aromatic heterocycles. The van der Waals surface area contributed by atoms with Gasteiger partial charge in [-0.3, -0.25) is 4.79 Å². The van der Waals surface area contributed by atoms with Crippen molar-refractivity contribution in [2.75, 3.05) is 5.75 Å². The van der Waals surface area contributed by atoms with Crippen molar-refractivity contribution in [2.45, 2.75) is 25.6 Å². The predicted molar refractivity (Wildman–Crippen MR) is 67.3 cm³/mol. The lowest BCUT2D eigenvalue weighted by molar-refractivity contribution is -0.118.